The Kier molecular flexibility index (Phi) is 2.74. The molecule has 0 spiro atoms. The fourth-order valence-corrected chi connectivity index (χ4v) is 2.50. The molecule has 0 fully saturated rings. The second-order valence-corrected chi connectivity index (χ2v) is 5.23. The Morgan fingerprint density at radius 1 is 1.36 bits per heavy atom. The van der Waals surface area contributed by atoms with Crippen molar-refractivity contribution in [2.45, 2.75) is 12.2 Å². The summed E-state index contributed by atoms with van der Waals surface area (Å²) in [5.41, 5.74) is 1.02. The Hall–Kier alpha value is -0.610. The van der Waals surface area contributed by atoms with E-state index in [-0.39, 0.29) is 11.2 Å². The summed E-state index contributed by atoms with van der Waals surface area (Å²) in [6, 6.07) is 7.79. The molecule has 1 unspecified atom stereocenters. The van der Waals surface area contributed by atoms with Crippen LogP contribution in [-0.2, 0) is 4.79 Å². The summed E-state index contributed by atoms with van der Waals surface area (Å²) < 4.78 is 1.02. The highest BCUT2D eigenvalue weighted by molar-refractivity contribution is 9.10. The van der Waals surface area contributed by atoms with Crippen molar-refractivity contribution in [3.05, 3.63) is 34.3 Å². The Bertz CT molecular complexity index is 399. The maximum absolute atomic E-state index is 11.5. The number of hydrogen-bond donors (Lipinski definition) is 0. The predicted molar refractivity (Wildman–Crippen MR) is 62.6 cm³/mol. The fourth-order valence-electron chi connectivity index (χ4n) is 1.31. The van der Waals surface area contributed by atoms with Crippen molar-refractivity contribution in [2.24, 2.45) is 4.99 Å². The van der Waals surface area contributed by atoms with Crippen LogP contribution in [-0.4, -0.2) is 11.0 Å². The first-order chi connectivity index (χ1) is 6.66. The van der Waals surface area contributed by atoms with Crippen LogP contribution in [0.2, 0.25) is 0 Å². The number of halogens is 1. The molecular formula is C10H8BrNOS. The quantitative estimate of drug-likeness (QED) is 0.784. The minimum Gasteiger partial charge on any atom is -0.271 e. The summed E-state index contributed by atoms with van der Waals surface area (Å²) in [6.07, 6.45) is 0. The van der Waals surface area contributed by atoms with Crippen LogP contribution in [0.3, 0.4) is 0 Å². The van der Waals surface area contributed by atoms with Crippen molar-refractivity contribution in [2.75, 3.05) is 0 Å². The Morgan fingerprint density at radius 3 is 2.50 bits per heavy atom. The molecule has 0 N–H and O–H groups in total. The van der Waals surface area contributed by atoms with Gasteiger partial charge in [-0.05, 0) is 24.6 Å². The summed E-state index contributed by atoms with van der Waals surface area (Å²) in [5.74, 6) is -0.0465. The van der Waals surface area contributed by atoms with Gasteiger partial charge in [0.05, 0.1) is 5.04 Å². The number of aliphatic imine (C=N–C) groups is 1. The topological polar surface area (TPSA) is 29.4 Å². The molecule has 0 saturated heterocycles. The van der Waals surface area contributed by atoms with Gasteiger partial charge in [0, 0.05) is 4.47 Å². The van der Waals surface area contributed by atoms with Gasteiger partial charge in [0.2, 0.25) is 0 Å². The summed E-state index contributed by atoms with van der Waals surface area (Å²) in [7, 11) is 0. The third-order valence-electron chi connectivity index (χ3n) is 1.95. The van der Waals surface area contributed by atoms with E-state index in [1.807, 2.05) is 31.2 Å². The van der Waals surface area contributed by atoms with E-state index < -0.39 is 0 Å². The van der Waals surface area contributed by atoms with E-state index in [9.17, 15) is 4.79 Å². The van der Waals surface area contributed by atoms with Gasteiger partial charge in [-0.2, -0.15) is 0 Å². The van der Waals surface area contributed by atoms with Crippen LogP contribution < -0.4 is 0 Å². The van der Waals surface area contributed by atoms with Gasteiger partial charge in [0.25, 0.3) is 5.91 Å². The molecule has 1 aromatic rings. The Balaban J connectivity index is 2.26. The molecule has 4 heteroatoms. The van der Waals surface area contributed by atoms with Gasteiger partial charge < -0.3 is 0 Å². The molecule has 1 atom stereocenters. The molecule has 2 rings (SSSR count). The first-order valence-corrected chi connectivity index (χ1v) is 5.85. The minimum atomic E-state index is -0.136. The molecule has 1 aliphatic rings. The summed E-state index contributed by atoms with van der Waals surface area (Å²) in [6.45, 7) is 1.86. The number of benzene rings is 1. The van der Waals surface area contributed by atoms with Gasteiger partial charge in [0.15, 0.2) is 0 Å². The van der Waals surface area contributed by atoms with Crippen molar-refractivity contribution in [3.8, 4) is 0 Å². The van der Waals surface area contributed by atoms with Gasteiger partial charge in [-0.15, -0.1) is 0 Å². The number of thioether (sulfide) groups is 1. The molecule has 1 aliphatic heterocycles. The van der Waals surface area contributed by atoms with Gasteiger partial charge >= 0.3 is 0 Å². The second-order valence-electron chi connectivity index (χ2n) is 3.02. The van der Waals surface area contributed by atoms with E-state index in [0.717, 1.165) is 15.1 Å². The third-order valence-corrected chi connectivity index (χ3v) is 3.62. The molecule has 0 radical (unpaired) electrons. The maximum Gasteiger partial charge on any atom is 0.264 e. The third kappa shape index (κ3) is 1.91. The van der Waals surface area contributed by atoms with Crippen molar-refractivity contribution < 1.29 is 4.79 Å². The number of amides is 1. The molecule has 1 amide bonds. The van der Waals surface area contributed by atoms with Crippen LogP contribution in [0.25, 0.3) is 0 Å². The molecular weight excluding hydrogens is 262 g/mol. The van der Waals surface area contributed by atoms with Gasteiger partial charge in [-0.25, -0.2) is 4.99 Å². The maximum atomic E-state index is 11.5. The number of nitrogens with zero attached hydrogens (tertiary/aromatic N) is 1. The van der Waals surface area contributed by atoms with Crippen molar-refractivity contribution in [1.82, 2.24) is 0 Å². The first kappa shape index (κ1) is 9.93. The number of rotatable bonds is 1. The second kappa shape index (κ2) is 3.87. The zero-order chi connectivity index (χ0) is 10.1. The lowest BCUT2D eigenvalue weighted by molar-refractivity contribution is -0.117. The first-order valence-electron chi connectivity index (χ1n) is 4.18. The smallest absolute Gasteiger partial charge is 0.264 e. The molecule has 0 bridgehead atoms. The SMILES string of the molecule is CC1=NC(=O)C(c2ccc(Br)cc2)S1. The van der Waals surface area contributed by atoms with E-state index in [4.69, 9.17) is 0 Å². The van der Waals surface area contributed by atoms with Crippen LogP contribution in [0.1, 0.15) is 17.7 Å². The average Bonchev–Trinajstić information content (AvgIpc) is 2.47. The van der Waals surface area contributed by atoms with Gasteiger partial charge in [-0.3, -0.25) is 4.79 Å². The lowest BCUT2D eigenvalue weighted by Gasteiger charge is -2.06. The van der Waals surface area contributed by atoms with E-state index in [0.29, 0.717) is 0 Å². The van der Waals surface area contributed by atoms with E-state index in [1.54, 1.807) is 0 Å². The monoisotopic (exact) mass is 269 g/mol. The van der Waals surface area contributed by atoms with Crippen LogP contribution in [0.15, 0.2) is 33.7 Å². The zero-order valence-electron chi connectivity index (χ0n) is 7.53. The lowest BCUT2D eigenvalue weighted by Crippen LogP contribution is -2.00. The molecule has 1 aromatic carbocycles. The predicted octanol–water partition coefficient (Wildman–Crippen LogP) is 3.18. The van der Waals surface area contributed by atoms with Crippen molar-refractivity contribution in [3.63, 3.8) is 0 Å². The van der Waals surface area contributed by atoms with Crippen LogP contribution in [0, 0.1) is 0 Å². The molecule has 14 heavy (non-hydrogen) atoms. The number of carbonyl (C=O) groups is 1. The zero-order valence-corrected chi connectivity index (χ0v) is 9.93. The normalized spacial score (nSPS) is 21.1. The molecule has 0 saturated carbocycles. The molecule has 0 aromatic heterocycles. The lowest BCUT2D eigenvalue weighted by atomic mass is 10.1. The summed E-state index contributed by atoms with van der Waals surface area (Å²) >= 11 is 4.88. The highest BCUT2D eigenvalue weighted by atomic mass is 79.9. The van der Waals surface area contributed by atoms with Crippen LogP contribution >= 0.6 is 27.7 Å². The number of carbonyl (C=O) groups excluding carboxylic acids is 1. The number of hydrogen-bond acceptors (Lipinski definition) is 2. The van der Waals surface area contributed by atoms with Gasteiger partial charge in [0.1, 0.15) is 5.25 Å². The molecule has 2 nitrogen and oxygen atoms in total. The van der Waals surface area contributed by atoms with Crippen LogP contribution in [0.5, 0.6) is 0 Å². The Morgan fingerprint density at radius 2 is 2.00 bits per heavy atom. The van der Waals surface area contributed by atoms with Crippen LogP contribution in [0.4, 0.5) is 0 Å². The molecule has 0 aliphatic carbocycles. The van der Waals surface area contributed by atoms with E-state index >= 15 is 0 Å². The highest BCUT2D eigenvalue weighted by Gasteiger charge is 2.27. The van der Waals surface area contributed by atoms with Crippen molar-refractivity contribution >= 4 is 38.6 Å². The summed E-state index contributed by atoms with van der Waals surface area (Å²) in [4.78, 5) is 15.3. The highest BCUT2D eigenvalue weighted by Crippen LogP contribution is 2.36. The molecule has 1 heterocycles. The standard InChI is InChI=1S/C10H8BrNOS/c1-6-12-10(13)9(14-6)7-2-4-8(11)5-3-7/h2-5,9H,1H3. The van der Waals surface area contributed by atoms with E-state index in [1.165, 1.54) is 11.8 Å². The Labute approximate surface area is 94.9 Å². The fraction of sp³-hybridized carbons (Fsp3) is 0.200. The average molecular weight is 270 g/mol. The minimum absolute atomic E-state index is 0.0465. The largest absolute Gasteiger partial charge is 0.271 e. The summed E-state index contributed by atoms with van der Waals surface area (Å²) in [5, 5.41) is 0.714. The van der Waals surface area contributed by atoms with E-state index in [2.05, 4.69) is 20.9 Å². The van der Waals surface area contributed by atoms with Gasteiger partial charge in [-0.1, -0.05) is 39.8 Å². The van der Waals surface area contributed by atoms with Crippen molar-refractivity contribution in [1.29, 1.82) is 0 Å². The molecule has 72 valence electrons.